The maximum Gasteiger partial charge on any atom is 0.255 e. The molecule has 3 aromatic rings. The summed E-state index contributed by atoms with van der Waals surface area (Å²) < 4.78 is 11.5. The largest absolute Gasteiger partial charge is 0.504 e. The first kappa shape index (κ1) is 36.3. The Labute approximate surface area is 293 Å². The molecule has 0 saturated heterocycles. The third-order valence-corrected chi connectivity index (χ3v) is 8.63. The van der Waals surface area contributed by atoms with E-state index in [0.717, 1.165) is 0 Å². The Kier molecular flexibility index (Phi) is 11.2. The highest BCUT2D eigenvalue weighted by Gasteiger charge is 2.38. The van der Waals surface area contributed by atoms with Crippen LogP contribution in [0.25, 0.3) is 0 Å². The predicted octanol–water partition coefficient (Wildman–Crippen LogP) is 3.08. The van der Waals surface area contributed by atoms with E-state index in [1.807, 2.05) is 0 Å². The number of ether oxygens (including phenoxy) is 2. The minimum Gasteiger partial charge on any atom is -0.504 e. The predicted molar refractivity (Wildman–Crippen MR) is 183 cm³/mol. The second kappa shape index (κ2) is 15.7. The molecule has 2 heterocycles. The fourth-order valence-corrected chi connectivity index (χ4v) is 5.82. The highest BCUT2D eigenvalue weighted by Crippen LogP contribution is 2.33. The number of Topliss-reactive ketones (excluding diaryl/α,β-unsaturated/α-hetero) is 1. The Bertz CT molecular complexity index is 1860. The van der Waals surface area contributed by atoms with Gasteiger partial charge < -0.3 is 50.3 Å². The van der Waals surface area contributed by atoms with Crippen LogP contribution in [0.15, 0.2) is 64.6 Å². The summed E-state index contributed by atoms with van der Waals surface area (Å²) in [5.74, 6) is -3.60. The summed E-state index contributed by atoms with van der Waals surface area (Å²) in [6.07, 6.45) is -0.00455. The molecule has 2 aliphatic rings. The van der Waals surface area contributed by atoms with Crippen molar-refractivity contribution >= 4 is 29.4 Å². The number of aliphatic imine (C=N–C) groups is 2. The number of ketones is 1. The lowest BCUT2D eigenvalue weighted by Crippen LogP contribution is -2.43. The highest BCUT2D eigenvalue weighted by molar-refractivity contribution is 6.02. The van der Waals surface area contributed by atoms with Crippen LogP contribution >= 0.6 is 0 Å². The topological polar surface area (TPSA) is 231 Å². The molecule has 15 nitrogen and oxygen atoms in total. The van der Waals surface area contributed by atoms with E-state index in [1.165, 1.54) is 54.6 Å². The van der Waals surface area contributed by atoms with E-state index in [1.54, 1.807) is 18.7 Å². The number of benzene rings is 3. The van der Waals surface area contributed by atoms with Gasteiger partial charge in [0.25, 0.3) is 11.8 Å². The second-order valence-corrected chi connectivity index (χ2v) is 12.3. The maximum atomic E-state index is 13.9. The number of carbonyl (C=O) groups is 3. The van der Waals surface area contributed by atoms with Gasteiger partial charge in [-0.15, -0.1) is 0 Å². The normalized spacial score (nSPS) is 19.4. The first-order chi connectivity index (χ1) is 24.4. The van der Waals surface area contributed by atoms with Crippen molar-refractivity contribution in [3.8, 4) is 34.5 Å². The molecule has 0 spiro atoms. The zero-order valence-corrected chi connectivity index (χ0v) is 28.0. The lowest BCUT2D eigenvalue weighted by molar-refractivity contribution is -0.134. The zero-order chi connectivity index (χ0) is 36.8. The first-order valence-corrected chi connectivity index (χ1v) is 16.5. The molecule has 5 rings (SSSR count). The van der Waals surface area contributed by atoms with Crippen LogP contribution in [0.1, 0.15) is 61.0 Å². The average molecular weight is 705 g/mol. The number of unbranched alkanes of at least 4 members (excludes halogenated alkanes) is 1. The summed E-state index contributed by atoms with van der Waals surface area (Å²) in [5, 5.41) is 62.7. The van der Waals surface area contributed by atoms with E-state index in [4.69, 9.17) is 9.47 Å². The second-order valence-electron chi connectivity index (χ2n) is 12.3. The molecule has 270 valence electrons. The van der Waals surface area contributed by atoms with Crippen molar-refractivity contribution in [1.82, 2.24) is 10.2 Å². The van der Waals surface area contributed by atoms with E-state index < -0.39 is 53.2 Å². The number of rotatable bonds is 14. The Morgan fingerprint density at radius 3 is 1.80 bits per heavy atom. The van der Waals surface area contributed by atoms with E-state index >= 15 is 0 Å². The molecular formula is C36H40N4O11. The summed E-state index contributed by atoms with van der Waals surface area (Å²) in [6, 6.07) is 10.9. The van der Waals surface area contributed by atoms with Crippen LogP contribution in [0.3, 0.4) is 0 Å². The molecule has 0 aromatic heterocycles. The average Bonchev–Trinajstić information content (AvgIpc) is 3.69. The van der Waals surface area contributed by atoms with Crippen LogP contribution in [-0.4, -0.2) is 109 Å². The van der Waals surface area contributed by atoms with Crippen molar-refractivity contribution in [2.45, 2.75) is 63.8 Å². The van der Waals surface area contributed by atoms with Crippen LogP contribution in [0.4, 0.5) is 0 Å². The first-order valence-electron chi connectivity index (χ1n) is 16.5. The van der Waals surface area contributed by atoms with Gasteiger partial charge >= 0.3 is 0 Å². The molecule has 3 aromatic carbocycles. The van der Waals surface area contributed by atoms with Gasteiger partial charge in [-0.1, -0.05) is 18.2 Å². The van der Waals surface area contributed by atoms with Gasteiger partial charge in [-0.25, -0.2) is 9.98 Å². The van der Waals surface area contributed by atoms with Crippen molar-refractivity contribution < 1.29 is 54.5 Å². The van der Waals surface area contributed by atoms with E-state index in [-0.39, 0.29) is 77.7 Å². The third kappa shape index (κ3) is 8.09. The number of nitrogens with zero attached hydrogens (tertiary/aromatic N) is 3. The summed E-state index contributed by atoms with van der Waals surface area (Å²) in [5.41, 5.74) is 0.213. The molecule has 0 saturated carbocycles. The molecule has 0 aliphatic carbocycles. The fourth-order valence-electron chi connectivity index (χ4n) is 5.82. The zero-order valence-electron chi connectivity index (χ0n) is 28.0. The van der Waals surface area contributed by atoms with E-state index in [9.17, 15) is 45.0 Å². The van der Waals surface area contributed by atoms with Crippen molar-refractivity contribution in [2.75, 3.05) is 19.6 Å². The Morgan fingerprint density at radius 2 is 1.20 bits per heavy atom. The number of hydrogen-bond acceptors (Lipinski definition) is 13. The Hall–Kier alpha value is -5.99. The highest BCUT2D eigenvalue weighted by atomic mass is 16.5. The van der Waals surface area contributed by atoms with Crippen LogP contribution in [0, 0.1) is 0 Å². The number of phenols is 6. The monoisotopic (exact) mass is 704 g/mol. The van der Waals surface area contributed by atoms with Crippen LogP contribution in [-0.2, 0) is 19.1 Å². The number of amides is 2. The molecule has 15 heteroatoms. The fraction of sp³-hybridized carbons (Fsp3) is 0.361. The van der Waals surface area contributed by atoms with Gasteiger partial charge in [-0.05, 0) is 69.5 Å². The number of carbonyl (C=O) groups excluding carboxylic acids is 3. The molecule has 51 heavy (non-hydrogen) atoms. The smallest absolute Gasteiger partial charge is 0.255 e. The molecular weight excluding hydrogens is 664 g/mol. The number of aromatic hydroxyl groups is 6. The van der Waals surface area contributed by atoms with E-state index in [0.29, 0.717) is 19.3 Å². The standard InChI is InChI=1S/C36H40N4O11/c1-19-28(38-34(50-19)22-10-6-14-26(43)31(22)46)24(41)12-3-4-17-40(18-8-16-37-33(48)21-9-5-13-25(42)30(21)45)36(49)29-20(2)51-35(39-29)23-11-7-15-27(44)32(23)47/h5-7,9-11,13-15,19-20,28-29,42-47H,3-4,8,12,16-18H2,1-2H3,(H,37,48)/t19-,20-,28?,29+/m1/s1. The SMILES string of the molecule is C[C@H]1OC(c2cccc(O)c2O)=NC1C(=O)CCCCN(CCCNC(=O)c1cccc(O)c1O)C(=O)[C@H]1N=C(c2cccc(O)c2O)O[C@@H]1C. The van der Waals surface area contributed by atoms with Gasteiger partial charge in [0.05, 0.1) is 16.7 Å². The van der Waals surface area contributed by atoms with Crippen molar-refractivity contribution in [2.24, 2.45) is 9.98 Å². The van der Waals surface area contributed by atoms with E-state index in [2.05, 4.69) is 15.3 Å². The van der Waals surface area contributed by atoms with Crippen LogP contribution in [0.5, 0.6) is 34.5 Å². The van der Waals surface area contributed by atoms with Gasteiger partial charge in [0.2, 0.25) is 11.8 Å². The van der Waals surface area contributed by atoms with Gasteiger partial charge in [-0.2, -0.15) is 0 Å². The van der Waals surface area contributed by atoms with Gasteiger partial charge in [-0.3, -0.25) is 14.4 Å². The summed E-state index contributed by atoms with van der Waals surface area (Å²) in [4.78, 5) is 50.0. The number of hydrogen-bond donors (Lipinski definition) is 7. The minimum absolute atomic E-state index is 0.00448. The number of nitrogens with one attached hydrogen (secondary N) is 1. The number of phenolic OH excluding ortho intramolecular Hbond substituents is 6. The van der Waals surface area contributed by atoms with Crippen molar-refractivity contribution in [1.29, 1.82) is 0 Å². The van der Waals surface area contributed by atoms with Crippen molar-refractivity contribution in [3.05, 3.63) is 71.3 Å². The molecule has 2 amide bonds. The Balaban J connectivity index is 1.22. The molecule has 2 aliphatic heterocycles. The van der Waals surface area contributed by atoms with Gasteiger partial charge in [0, 0.05) is 26.1 Å². The van der Waals surface area contributed by atoms with Crippen LogP contribution < -0.4 is 5.32 Å². The number of para-hydroxylation sites is 3. The third-order valence-electron chi connectivity index (χ3n) is 8.63. The van der Waals surface area contributed by atoms with Crippen LogP contribution in [0.2, 0.25) is 0 Å². The summed E-state index contributed by atoms with van der Waals surface area (Å²) >= 11 is 0. The minimum atomic E-state index is -0.972. The summed E-state index contributed by atoms with van der Waals surface area (Å²) in [6.45, 7) is 3.91. The lowest BCUT2D eigenvalue weighted by Gasteiger charge is -2.26. The maximum absolute atomic E-state index is 13.9. The molecule has 7 N–H and O–H groups in total. The lowest BCUT2D eigenvalue weighted by atomic mass is 10.0. The molecule has 0 bridgehead atoms. The van der Waals surface area contributed by atoms with Crippen molar-refractivity contribution in [3.63, 3.8) is 0 Å². The van der Waals surface area contributed by atoms with Gasteiger partial charge in [0.15, 0.2) is 46.3 Å². The summed E-state index contributed by atoms with van der Waals surface area (Å²) in [7, 11) is 0. The molecule has 1 unspecified atom stereocenters. The molecule has 0 fully saturated rings. The Morgan fingerprint density at radius 1 is 0.686 bits per heavy atom. The molecule has 0 radical (unpaired) electrons. The molecule has 4 atom stereocenters. The van der Waals surface area contributed by atoms with Gasteiger partial charge in [0.1, 0.15) is 18.2 Å². The quantitative estimate of drug-likeness (QED) is 0.0952.